The van der Waals surface area contributed by atoms with Gasteiger partial charge in [0.25, 0.3) is 0 Å². The number of aryl methyl sites for hydroxylation is 2. The second-order valence-corrected chi connectivity index (χ2v) is 7.15. The monoisotopic (exact) mass is 309 g/mol. The number of hydrogen-bond acceptors (Lipinski definition) is 4. The first-order chi connectivity index (χ1) is 9.96. The van der Waals surface area contributed by atoms with Gasteiger partial charge in [-0.3, -0.25) is 0 Å². The van der Waals surface area contributed by atoms with Crippen LogP contribution in [0.3, 0.4) is 0 Å². The molecule has 0 aromatic carbocycles. The number of hydrogen-bond donors (Lipinski definition) is 0. The highest BCUT2D eigenvalue weighted by Gasteiger charge is 2.38. The molecule has 2 aromatic rings. The number of rotatable bonds is 3. The standard InChI is InChI=1S/C14H19N3O3S/c1-4-12-13-6-5-7-16(13)8-9-17(12)21(18,19)14-10(2)15-20-11(14)3/h5-7,12H,4,8-9H2,1-3H3. The molecule has 7 heteroatoms. The maximum Gasteiger partial charge on any atom is 0.249 e. The van der Waals surface area contributed by atoms with Crippen LogP contribution in [0.4, 0.5) is 0 Å². The molecule has 0 saturated carbocycles. The van der Waals surface area contributed by atoms with Gasteiger partial charge in [0.15, 0.2) is 5.76 Å². The van der Waals surface area contributed by atoms with Crippen molar-refractivity contribution in [3.63, 3.8) is 0 Å². The fourth-order valence-electron chi connectivity index (χ4n) is 3.10. The minimum Gasteiger partial charge on any atom is -0.360 e. The highest BCUT2D eigenvalue weighted by molar-refractivity contribution is 7.89. The van der Waals surface area contributed by atoms with Crippen LogP contribution in [-0.4, -0.2) is 29.0 Å². The van der Waals surface area contributed by atoms with E-state index in [1.807, 2.05) is 25.3 Å². The molecule has 0 amide bonds. The number of nitrogens with zero attached hydrogens (tertiary/aromatic N) is 3. The summed E-state index contributed by atoms with van der Waals surface area (Å²) in [6.07, 6.45) is 2.73. The van der Waals surface area contributed by atoms with Crippen molar-refractivity contribution in [3.8, 4) is 0 Å². The Balaban J connectivity index is 2.08. The van der Waals surface area contributed by atoms with Gasteiger partial charge in [0.2, 0.25) is 10.0 Å². The van der Waals surface area contributed by atoms with Crippen LogP contribution in [0.15, 0.2) is 27.7 Å². The summed E-state index contributed by atoms with van der Waals surface area (Å²) in [6, 6.07) is 3.81. The first kappa shape index (κ1) is 14.3. The van der Waals surface area contributed by atoms with Crippen LogP contribution in [0, 0.1) is 13.8 Å². The first-order valence-electron chi connectivity index (χ1n) is 7.06. The third-order valence-electron chi connectivity index (χ3n) is 4.04. The third kappa shape index (κ3) is 2.11. The molecule has 0 bridgehead atoms. The summed E-state index contributed by atoms with van der Waals surface area (Å²) < 4.78 is 34.7. The average molecular weight is 309 g/mol. The molecule has 114 valence electrons. The van der Waals surface area contributed by atoms with E-state index < -0.39 is 10.0 Å². The molecule has 0 saturated heterocycles. The lowest BCUT2D eigenvalue weighted by Gasteiger charge is -2.35. The normalized spacial score (nSPS) is 19.7. The van der Waals surface area contributed by atoms with Gasteiger partial charge < -0.3 is 9.09 Å². The summed E-state index contributed by atoms with van der Waals surface area (Å²) in [5, 5.41) is 3.78. The van der Waals surface area contributed by atoms with Gasteiger partial charge in [-0.1, -0.05) is 12.1 Å². The second kappa shape index (κ2) is 4.99. The van der Waals surface area contributed by atoms with Gasteiger partial charge in [0, 0.05) is 25.0 Å². The lowest BCUT2D eigenvalue weighted by molar-refractivity contribution is 0.260. The van der Waals surface area contributed by atoms with Crippen LogP contribution in [0.2, 0.25) is 0 Å². The molecule has 0 spiro atoms. The Morgan fingerprint density at radius 2 is 2.14 bits per heavy atom. The van der Waals surface area contributed by atoms with Crippen molar-refractivity contribution < 1.29 is 12.9 Å². The van der Waals surface area contributed by atoms with Crippen molar-refractivity contribution in [2.45, 2.75) is 44.7 Å². The van der Waals surface area contributed by atoms with E-state index in [0.29, 0.717) is 24.5 Å². The van der Waals surface area contributed by atoms with Gasteiger partial charge in [-0.15, -0.1) is 0 Å². The molecule has 1 aliphatic rings. The summed E-state index contributed by atoms with van der Waals surface area (Å²) in [4.78, 5) is 0.209. The quantitative estimate of drug-likeness (QED) is 0.872. The van der Waals surface area contributed by atoms with Crippen molar-refractivity contribution in [3.05, 3.63) is 35.5 Å². The van der Waals surface area contributed by atoms with Crippen LogP contribution >= 0.6 is 0 Å². The van der Waals surface area contributed by atoms with E-state index in [0.717, 1.165) is 12.1 Å². The number of sulfonamides is 1. The molecule has 3 rings (SSSR count). The zero-order valence-corrected chi connectivity index (χ0v) is 13.2. The Bertz CT molecular complexity index is 741. The molecule has 2 aromatic heterocycles. The summed E-state index contributed by atoms with van der Waals surface area (Å²) in [5.41, 5.74) is 1.46. The first-order valence-corrected chi connectivity index (χ1v) is 8.50. The highest BCUT2D eigenvalue weighted by atomic mass is 32.2. The third-order valence-corrected chi connectivity index (χ3v) is 6.19. The van der Waals surface area contributed by atoms with Crippen LogP contribution in [0.25, 0.3) is 0 Å². The lowest BCUT2D eigenvalue weighted by atomic mass is 10.1. The van der Waals surface area contributed by atoms with Crippen LogP contribution < -0.4 is 0 Å². The van der Waals surface area contributed by atoms with Crippen molar-refractivity contribution in [1.29, 1.82) is 0 Å². The SMILES string of the molecule is CCC1c2cccn2CCN1S(=O)(=O)c1c(C)noc1C. The van der Waals surface area contributed by atoms with Crippen LogP contribution in [-0.2, 0) is 16.6 Å². The van der Waals surface area contributed by atoms with Crippen LogP contribution in [0.1, 0.15) is 36.5 Å². The van der Waals surface area contributed by atoms with Gasteiger partial charge >= 0.3 is 0 Å². The van der Waals surface area contributed by atoms with E-state index in [-0.39, 0.29) is 10.9 Å². The fourth-order valence-corrected chi connectivity index (χ4v) is 5.06. The number of fused-ring (bicyclic) bond motifs is 1. The molecule has 0 N–H and O–H groups in total. The predicted molar refractivity (Wildman–Crippen MR) is 77.3 cm³/mol. The Morgan fingerprint density at radius 1 is 1.38 bits per heavy atom. The molecule has 21 heavy (non-hydrogen) atoms. The average Bonchev–Trinajstić information content (AvgIpc) is 3.04. The van der Waals surface area contributed by atoms with Crippen molar-refractivity contribution in [2.75, 3.05) is 6.54 Å². The molecule has 0 radical (unpaired) electrons. The van der Waals surface area contributed by atoms with Gasteiger partial charge in [-0.2, -0.15) is 4.31 Å². The smallest absolute Gasteiger partial charge is 0.249 e. The zero-order valence-electron chi connectivity index (χ0n) is 12.4. The summed E-state index contributed by atoms with van der Waals surface area (Å²) in [6.45, 7) is 6.44. The highest BCUT2D eigenvalue weighted by Crippen LogP contribution is 2.35. The lowest BCUT2D eigenvalue weighted by Crippen LogP contribution is -2.41. The largest absolute Gasteiger partial charge is 0.360 e. The predicted octanol–water partition coefficient (Wildman–Crippen LogP) is 2.25. The van der Waals surface area contributed by atoms with Crippen molar-refractivity contribution in [1.82, 2.24) is 14.0 Å². The Labute approximate surface area is 124 Å². The number of aromatic nitrogens is 2. The maximum atomic E-state index is 13.0. The summed E-state index contributed by atoms with van der Waals surface area (Å²) >= 11 is 0. The van der Waals surface area contributed by atoms with Gasteiger partial charge in [-0.25, -0.2) is 8.42 Å². The molecule has 6 nitrogen and oxygen atoms in total. The molecule has 0 fully saturated rings. The fraction of sp³-hybridized carbons (Fsp3) is 0.500. The van der Waals surface area contributed by atoms with Crippen LogP contribution in [0.5, 0.6) is 0 Å². The molecule has 3 heterocycles. The van der Waals surface area contributed by atoms with Crippen molar-refractivity contribution in [2.24, 2.45) is 0 Å². The molecule has 1 atom stereocenters. The van der Waals surface area contributed by atoms with E-state index in [1.165, 1.54) is 0 Å². The van der Waals surface area contributed by atoms with E-state index in [4.69, 9.17) is 4.52 Å². The van der Waals surface area contributed by atoms with E-state index >= 15 is 0 Å². The van der Waals surface area contributed by atoms with E-state index in [9.17, 15) is 8.42 Å². The Morgan fingerprint density at radius 3 is 2.76 bits per heavy atom. The minimum absolute atomic E-state index is 0.146. The van der Waals surface area contributed by atoms with E-state index in [2.05, 4.69) is 9.72 Å². The van der Waals surface area contributed by atoms with Crippen molar-refractivity contribution >= 4 is 10.0 Å². The van der Waals surface area contributed by atoms with E-state index in [1.54, 1.807) is 18.2 Å². The Kier molecular flexibility index (Phi) is 3.41. The molecule has 0 aliphatic carbocycles. The van der Waals surface area contributed by atoms with Gasteiger partial charge in [0.05, 0.1) is 6.04 Å². The maximum absolute atomic E-state index is 13.0. The molecule has 1 aliphatic heterocycles. The molecule has 1 unspecified atom stereocenters. The van der Waals surface area contributed by atoms with Gasteiger partial charge in [0.1, 0.15) is 10.6 Å². The second-order valence-electron chi connectivity index (χ2n) is 5.32. The molecular weight excluding hydrogens is 290 g/mol. The van der Waals surface area contributed by atoms with Gasteiger partial charge in [-0.05, 0) is 32.4 Å². The minimum atomic E-state index is -3.60. The zero-order chi connectivity index (χ0) is 15.2. The topological polar surface area (TPSA) is 68.3 Å². The summed E-state index contributed by atoms with van der Waals surface area (Å²) in [5.74, 6) is 0.350. The Hall–Kier alpha value is -1.60. The molecular formula is C14H19N3O3S. The summed E-state index contributed by atoms with van der Waals surface area (Å²) in [7, 11) is -3.60.